The second-order valence-electron chi connectivity index (χ2n) is 4.74. The van der Waals surface area contributed by atoms with Crippen molar-refractivity contribution >= 4 is 28.2 Å². The fourth-order valence-corrected chi connectivity index (χ4v) is 3.04. The van der Waals surface area contributed by atoms with Crippen LogP contribution in [0.1, 0.15) is 23.0 Å². The number of hydrogen-bond acceptors (Lipinski definition) is 6. The van der Waals surface area contributed by atoms with Gasteiger partial charge in [0.2, 0.25) is 0 Å². The smallest absolute Gasteiger partial charge is 0.265 e. The molecule has 1 fully saturated rings. The van der Waals surface area contributed by atoms with E-state index < -0.39 is 0 Å². The molecule has 0 radical (unpaired) electrons. The summed E-state index contributed by atoms with van der Waals surface area (Å²) >= 11 is 1.29. The van der Waals surface area contributed by atoms with Gasteiger partial charge in [-0.25, -0.2) is 4.98 Å². The molecule has 0 bridgehead atoms. The summed E-state index contributed by atoms with van der Waals surface area (Å²) in [5.74, 6) is 0.724. The van der Waals surface area contributed by atoms with Crippen LogP contribution in [0.15, 0.2) is 0 Å². The molecule has 4 N–H and O–H groups in total. The molecule has 1 unspecified atom stereocenters. The fraction of sp³-hybridized carbons (Fsp3) is 0.667. The quantitative estimate of drug-likeness (QED) is 0.746. The minimum atomic E-state index is -0.119. The molecule has 1 saturated heterocycles. The molecule has 6 nitrogen and oxygen atoms in total. The number of thiazole rings is 1. The van der Waals surface area contributed by atoms with Gasteiger partial charge in [-0.1, -0.05) is 18.3 Å². The summed E-state index contributed by atoms with van der Waals surface area (Å²) in [6.07, 6.45) is 1.15. The first-order valence-electron chi connectivity index (χ1n) is 6.58. The first-order chi connectivity index (χ1) is 9.13. The third kappa shape index (κ3) is 3.36. The van der Waals surface area contributed by atoms with E-state index >= 15 is 0 Å². The molecule has 19 heavy (non-hydrogen) atoms. The summed E-state index contributed by atoms with van der Waals surface area (Å²) in [5, 5.41) is 6.52. The van der Waals surface area contributed by atoms with Gasteiger partial charge in [-0.3, -0.25) is 4.79 Å². The minimum Gasteiger partial charge on any atom is -0.382 e. The highest BCUT2D eigenvalue weighted by molar-refractivity contribution is 7.18. The molecule has 1 atom stereocenters. The molecule has 1 aliphatic rings. The highest BCUT2D eigenvalue weighted by Crippen LogP contribution is 2.24. The van der Waals surface area contributed by atoms with E-state index in [1.807, 2.05) is 0 Å². The van der Waals surface area contributed by atoms with E-state index in [2.05, 4.69) is 27.4 Å². The zero-order valence-corrected chi connectivity index (χ0v) is 12.2. The van der Waals surface area contributed by atoms with Gasteiger partial charge in [-0.2, -0.15) is 0 Å². The Kier molecular flexibility index (Phi) is 4.60. The Balaban J connectivity index is 1.86. The van der Waals surface area contributed by atoms with Crippen molar-refractivity contribution < 1.29 is 4.79 Å². The van der Waals surface area contributed by atoms with Crippen molar-refractivity contribution in [1.82, 2.24) is 15.2 Å². The van der Waals surface area contributed by atoms with Gasteiger partial charge in [0.25, 0.3) is 5.91 Å². The number of likely N-dealkylation sites (tertiary alicyclic amines) is 1. The van der Waals surface area contributed by atoms with Crippen LogP contribution in [-0.4, -0.2) is 49.0 Å². The maximum atomic E-state index is 12.0. The van der Waals surface area contributed by atoms with Gasteiger partial charge in [-0.05, 0) is 25.4 Å². The molecular formula is C12H21N5OS. The van der Waals surface area contributed by atoms with Crippen LogP contribution in [0.2, 0.25) is 0 Å². The average Bonchev–Trinajstić information content (AvgIpc) is 3.02. The van der Waals surface area contributed by atoms with Crippen LogP contribution in [0, 0.1) is 5.92 Å². The maximum absolute atomic E-state index is 12.0. The van der Waals surface area contributed by atoms with E-state index in [-0.39, 0.29) is 5.91 Å². The second-order valence-corrected chi connectivity index (χ2v) is 5.74. The number of nitrogen functional groups attached to an aromatic ring is 1. The number of anilines is 2. The number of nitrogens with one attached hydrogen (secondary N) is 2. The number of carbonyl (C=O) groups excluding carboxylic acids is 1. The predicted octanol–water partition coefficient (Wildman–Crippen LogP) is 0.839. The Morgan fingerprint density at radius 1 is 1.63 bits per heavy atom. The number of nitrogens with zero attached hydrogens (tertiary/aromatic N) is 2. The van der Waals surface area contributed by atoms with Crippen molar-refractivity contribution in [3.8, 4) is 0 Å². The molecule has 1 amide bonds. The highest BCUT2D eigenvalue weighted by atomic mass is 32.1. The van der Waals surface area contributed by atoms with E-state index in [1.54, 1.807) is 7.05 Å². The Bertz CT molecular complexity index is 447. The summed E-state index contributed by atoms with van der Waals surface area (Å²) < 4.78 is 0. The van der Waals surface area contributed by atoms with Crippen LogP contribution in [0.5, 0.6) is 0 Å². The van der Waals surface area contributed by atoms with E-state index in [4.69, 9.17) is 5.73 Å². The number of rotatable bonds is 5. The first-order valence-corrected chi connectivity index (χ1v) is 7.40. The molecule has 0 spiro atoms. The Hall–Kier alpha value is -1.34. The van der Waals surface area contributed by atoms with E-state index in [0.29, 0.717) is 28.3 Å². The lowest BCUT2D eigenvalue weighted by molar-refractivity contribution is 0.0952. The molecule has 0 aliphatic carbocycles. The van der Waals surface area contributed by atoms with Gasteiger partial charge in [0.05, 0.1) is 0 Å². The lowest BCUT2D eigenvalue weighted by Gasteiger charge is -2.13. The van der Waals surface area contributed by atoms with Crippen molar-refractivity contribution in [3.05, 3.63) is 4.88 Å². The van der Waals surface area contributed by atoms with Crippen LogP contribution in [-0.2, 0) is 0 Å². The Morgan fingerprint density at radius 3 is 3.00 bits per heavy atom. The largest absolute Gasteiger partial charge is 0.382 e. The minimum absolute atomic E-state index is 0.119. The van der Waals surface area contributed by atoms with Crippen LogP contribution in [0.25, 0.3) is 0 Å². The van der Waals surface area contributed by atoms with Gasteiger partial charge >= 0.3 is 0 Å². The predicted molar refractivity (Wildman–Crippen MR) is 78.6 cm³/mol. The van der Waals surface area contributed by atoms with Crippen molar-refractivity contribution in [3.63, 3.8) is 0 Å². The van der Waals surface area contributed by atoms with E-state index in [1.165, 1.54) is 11.3 Å². The highest BCUT2D eigenvalue weighted by Gasteiger charge is 2.22. The third-order valence-electron chi connectivity index (χ3n) is 3.44. The molecule has 1 aromatic heterocycles. The monoisotopic (exact) mass is 283 g/mol. The van der Waals surface area contributed by atoms with Gasteiger partial charge in [0, 0.05) is 20.1 Å². The zero-order chi connectivity index (χ0) is 13.8. The number of carbonyl (C=O) groups is 1. The lowest BCUT2D eigenvalue weighted by atomic mass is 10.1. The molecule has 106 valence electrons. The van der Waals surface area contributed by atoms with Gasteiger partial charge in [0.15, 0.2) is 5.13 Å². The molecule has 0 aromatic carbocycles. The average molecular weight is 283 g/mol. The molecule has 2 rings (SSSR count). The van der Waals surface area contributed by atoms with Gasteiger partial charge in [-0.15, -0.1) is 0 Å². The molecular weight excluding hydrogens is 262 g/mol. The lowest BCUT2D eigenvalue weighted by Crippen LogP contribution is -2.30. The van der Waals surface area contributed by atoms with Gasteiger partial charge < -0.3 is 21.3 Å². The van der Waals surface area contributed by atoms with Gasteiger partial charge in [0.1, 0.15) is 10.7 Å². The van der Waals surface area contributed by atoms with Crippen molar-refractivity contribution in [2.24, 2.45) is 5.92 Å². The second kappa shape index (κ2) is 6.21. The fourth-order valence-electron chi connectivity index (χ4n) is 2.29. The molecule has 1 aromatic rings. The summed E-state index contributed by atoms with van der Waals surface area (Å²) in [6, 6.07) is 0. The van der Waals surface area contributed by atoms with Crippen molar-refractivity contribution in [2.45, 2.75) is 13.3 Å². The summed E-state index contributed by atoms with van der Waals surface area (Å²) in [5.41, 5.74) is 5.74. The number of amides is 1. The summed E-state index contributed by atoms with van der Waals surface area (Å²) in [7, 11) is 1.76. The Morgan fingerprint density at radius 2 is 2.42 bits per heavy atom. The maximum Gasteiger partial charge on any atom is 0.265 e. The van der Waals surface area contributed by atoms with Crippen LogP contribution in [0.4, 0.5) is 10.9 Å². The first kappa shape index (κ1) is 14.1. The number of nitrogens with two attached hydrogens (primary N) is 1. The molecule has 2 heterocycles. The Labute approximate surface area is 117 Å². The van der Waals surface area contributed by atoms with Crippen LogP contribution < -0.4 is 16.4 Å². The summed E-state index contributed by atoms with van der Waals surface area (Å²) in [6.45, 7) is 6.15. The van der Waals surface area contributed by atoms with Crippen LogP contribution >= 0.6 is 11.3 Å². The summed E-state index contributed by atoms with van der Waals surface area (Å²) in [4.78, 5) is 19.0. The topological polar surface area (TPSA) is 83.3 Å². The van der Waals surface area contributed by atoms with E-state index in [9.17, 15) is 4.79 Å². The molecule has 0 saturated carbocycles. The van der Waals surface area contributed by atoms with Crippen molar-refractivity contribution in [1.29, 1.82) is 0 Å². The molecule has 1 aliphatic heterocycles. The van der Waals surface area contributed by atoms with E-state index in [0.717, 1.165) is 26.1 Å². The van der Waals surface area contributed by atoms with Crippen LogP contribution in [0.3, 0.4) is 0 Å². The number of aromatic nitrogens is 1. The standard InChI is InChI=1S/C12H21N5OS/c1-3-17-5-4-8(7-17)6-15-11(18)9-10(13)16-12(14-2)19-9/h8H,3-7,13H2,1-2H3,(H,14,16)(H,15,18). The third-order valence-corrected chi connectivity index (χ3v) is 4.53. The number of hydrogen-bond donors (Lipinski definition) is 3. The van der Waals surface area contributed by atoms with Crippen molar-refractivity contribution in [2.75, 3.05) is 44.3 Å². The molecule has 7 heteroatoms. The SMILES string of the molecule is CCN1CCC(CNC(=O)c2sc(NC)nc2N)C1. The zero-order valence-electron chi connectivity index (χ0n) is 11.4. The normalized spacial score (nSPS) is 19.6.